The van der Waals surface area contributed by atoms with E-state index in [0.29, 0.717) is 6.54 Å². The fourth-order valence-electron chi connectivity index (χ4n) is 1.53. The first-order valence-corrected chi connectivity index (χ1v) is 8.33. The van der Waals surface area contributed by atoms with Crippen LogP contribution in [0.4, 0.5) is 5.69 Å². The lowest BCUT2D eigenvalue weighted by atomic mass is 10.3. The average molecular weight is 323 g/mol. The summed E-state index contributed by atoms with van der Waals surface area (Å²) in [5.74, 6) is 0. The van der Waals surface area contributed by atoms with E-state index in [1.807, 2.05) is 117 Å². The molecule has 2 N–H and O–H groups in total. The van der Waals surface area contributed by atoms with Crippen LogP contribution in [0.1, 0.15) is 13.8 Å². The van der Waals surface area contributed by atoms with Crippen LogP contribution < -0.4 is 5.32 Å². The normalized spacial score (nSPS) is 8.12. The second-order valence-electron chi connectivity index (χ2n) is 4.33. The smallest absolute Gasteiger partial charge is 0.0604 e. The standard InChI is InChI=1S/C8H11NO.2C6H6.C2H6/c10-7-6-9-8-4-2-1-3-5-8;2*1-2-4-6-5-3-1;1-2/h1-5,9-10H,6-7H2;2*1-6H;1-2H3. The molecule has 0 spiro atoms. The summed E-state index contributed by atoms with van der Waals surface area (Å²) < 4.78 is 0. The number of hydrogen-bond acceptors (Lipinski definition) is 2. The molecule has 0 saturated heterocycles. The molecule has 0 saturated carbocycles. The molecule has 0 aliphatic heterocycles. The van der Waals surface area contributed by atoms with Gasteiger partial charge in [-0.3, -0.25) is 0 Å². The Morgan fingerprint density at radius 1 is 0.583 bits per heavy atom. The summed E-state index contributed by atoms with van der Waals surface area (Å²) in [4.78, 5) is 0. The second-order valence-corrected chi connectivity index (χ2v) is 4.33. The lowest BCUT2D eigenvalue weighted by molar-refractivity contribution is 0.311. The van der Waals surface area contributed by atoms with Gasteiger partial charge < -0.3 is 10.4 Å². The third kappa shape index (κ3) is 14.4. The summed E-state index contributed by atoms with van der Waals surface area (Å²) >= 11 is 0. The van der Waals surface area contributed by atoms with Crippen molar-refractivity contribution in [1.29, 1.82) is 0 Å². The van der Waals surface area contributed by atoms with Crippen LogP contribution in [0.25, 0.3) is 0 Å². The van der Waals surface area contributed by atoms with Crippen LogP contribution in [0.5, 0.6) is 0 Å². The van der Waals surface area contributed by atoms with Crippen molar-refractivity contribution >= 4 is 5.69 Å². The van der Waals surface area contributed by atoms with Gasteiger partial charge in [0.1, 0.15) is 0 Å². The molecule has 0 atom stereocenters. The summed E-state index contributed by atoms with van der Waals surface area (Å²) in [7, 11) is 0. The zero-order valence-electron chi connectivity index (χ0n) is 14.7. The second kappa shape index (κ2) is 18.5. The predicted molar refractivity (Wildman–Crippen MR) is 106 cm³/mol. The first kappa shape index (κ1) is 21.4. The predicted octanol–water partition coefficient (Wildman–Crippen LogP) is 5.49. The first-order chi connectivity index (χ1) is 11.9. The third-order valence-corrected chi connectivity index (χ3v) is 2.55. The Kier molecular flexibility index (Phi) is 16.5. The van der Waals surface area contributed by atoms with Crippen LogP contribution in [0.15, 0.2) is 103 Å². The highest BCUT2D eigenvalue weighted by molar-refractivity contribution is 5.42. The molecule has 3 aromatic carbocycles. The van der Waals surface area contributed by atoms with E-state index >= 15 is 0 Å². The Hall–Kier alpha value is -2.58. The lowest BCUT2D eigenvalue weighted by Gasteiger charge is -2.01. The average Bonchev–Trinajstić information content (AvgIpc) is 2.72. The van der Waals surface area contributed by atoms with Gasteiger partial charge in [0.15, 0.2) is 0 Å². The fourth-order valence-corrected chi connectivity index (χ4v) is 1.53. The Balaban J connectivity index is 0.000000328. The highest BCUT2D eigenvalue weighted by atomic mass is 16.3. The van der Waals surface area contributed by atoms with Crippen molar-refractivity contribution in [2.24, 2.45) is 0 Å². The number of benzene rings is 3. The monoisotopic (exact) mass is 323 g/mol. The van der Waals surface area contributed by atoms with E-state index in [9.17, 15) is 0 Å². The summed E-state index contributed by atoms with van der Waals surface area (Å²) in [5, 5.41) is 11.5. The minimum Gasteiger partial charge on any atom is -0.395 e. The number of rotatable bonds is 3. The molecule has 2 nitrogen and oxygen atoms in total. The van der Waals surface area contributed by atoms with Gasteiger partial charge >= 0.3 is 0 Å². The highest BCUT2D eigenvalue weighted by Gasteiger charge is 1.84. The van der Waals surface area contributed by atoms with E-state index in [1.165, 1.54) is 0 Å². The Morgan fingerprint density at radius 3 is 1.17 bits per heavy atom. The maximum atomic E-state index is 8.47. The molecule has 0 radical (unpaired) electrons. The molecule has 0 aromatic heterocycles. The molecule has 0 amide bonds. The zero-order chi connectivity index (χ0) is 17.7. The maximum Gasteiger partial charge on any atom is 0.0604 e. The van der Waals surface area contributed by atoms with Gasteiger partial charge in [-0.15, -0.1) is 0 Å². The molecule has 0 fully saturated rings. The fraction of sp³-hybridized carbons (Fsp3) is 0.182. The van der Waals surface area contributed by atoms with Crippen LogP contribution in [0.3, 0.4) is 0 Å². The van der Waals surface area contributed by atoms with E-state index in [-0.39, 0.29) is 6.61 Å². The zero-order valence-corrected chi connectivity index (χ0v) is 14.7. The molecular weight excluding hydrogens is 294 g/mol. The molecule has 0 aliphatic carbocycles. The van der Waals surface area contributed by atoms with Gasteiger partial charge in [-0.1, -0.05) is 105 Å². The topological polar surface area (TPSA) is 32.3 Å². The molecule has 0 aliphatic rings. The molecule has 0 bridgehead atoms. The van der Waals surface area contributed by atoms with Crippen molar-refractivity contribution in [3.05, 3.63) is 103 Å². The van der Waals surface area contributed by atoms with Crippen molar-refractivity contribution in [1.82, 2.24) is 0 Å². The van der Waals surface area contributed by atoms with Crippen LogP contribution in [-0.4, -0.2) is 18.3 Å². The van der Waals surface area contributed by atoms with Gasteiger partial charge in [-0.2, -0.15) is 0 Å². The molecule has 3 aromatic rings. The molecule has 128 valence electrons. The number of anilines is 1. The Morgan fingerprint density at radius 2 is 0.875 bits per heavy atom. The van der Waals surface area contributed by atoms with Crippen LogP contribution in [-0.2, 0) is 0 Å². The number of hydrogen-bond donors (Lipinski definition) is 2. The van der Waals surface area contributed by atoms with Crippen molar-refractivity contribution in [2.45, 2.75) is 13.8 Å². The molecule has 2 heteroatoms. The van der Waals surface area contributed by atoms with E-state index in [1.54, 1.807) is 0 Å². The van der Waals surface area contributed by atoms with E-state index in [4.69, 9.17) is 5.11 Å². The first-order valence-electron chi connectivity index (χ1n) is 8.33. The molecular formula is C22H29NO. The summed E-state index contributed by atoms with van der Waals surface area (Å²) in [6.07, 6.45) is 0. The summed E-state index contributed by atoms with van der Waals surface area (Å²) in [6.45, 7) is 4.79. The quantitative estimate of drug-likeness (QED) is 0.668. The minimum atomic E-state index is 0.175. The number of aliphatic hydroxyl groups is 1. The molecule has 0 unspecified atom stereocenters. The summed E-state index contributed by atoms with van der Waals surface area (Å²) in [6, 6.07) is 33.8. The van der Waals surface area contributed by atoms with Gasteiger partial charge in [0.2, 0.25) is 0 Å². The van der Waals surface area contributed by atoms with Crippen molar-refractivity contribution in [2.75, 3.05) is 18.5 Å². The highest BCUT2D eigenvalue weighted by Crippen LogP contribution is 2.02. The number of aliphatic hydroxyl groups excluding tert-OH is 1. The maximum absolute atomic E-state index is 8.47. The number of para-hydroxylation sites is 1. The minimum absolute atomic E-state index is 0.175. The van der Waals surface area contributed by atoms with Crippen molar-refractivity contribution in [3.8, 4) is 0 Å². The van der Waals surface area contributed by atoms with Gasteiger partial charge in [0.25, 0.3) is 0 Å². The van der Waals surface area contributed by atoms with E-state index in [0.717, 1.165) is 5.69 Å². The van der Waals surface area contributed by atoms with E-state index in [2.05, 4.69) is 5.32 Å². The van der Waals surface area contributed by atoms with E-state index < -0.39 is 0 Å². The van der Waals surface area contributed by atoms with Crippen LogP contribution in [0, 0.1) is 0 Å². The molecule has 3 rings (SSSR count). The lowest BCUT2D eigenvalue weighted by Crippen LogP contribution is -2.04. The summed E-state index contributed by atoms with van der Waals surface area (Å²) in [5.41, 5.74) is 1.05. The molecule has 0 heterocycles. The Labute approximate surface area is 146 Å². The SMILES string of the molecule is CC.OCCNc1ccccc1.c1ccccc1.c1ccccc1. The van der Waals surface area contributed by atoms with Crippen molar-refractivity contribution < 1.29 is 5.11 Å². The van der Waals surface area contributed by atoms with Gasteiger partial charge in [-0.25, -0.2) is 0 Å². The number of nitrogens with one attached hydrogen (secondary N) is 1. The largest absolute Gasteiger partial charge is 0.395 e. The molecule has 24 heavy (non-hydrogen) atoms. The van der Waals surface area contributed by atoms with Gasteiger partial charge in [0, 0.05) is 12.2 Å². The van der Waals surface area contributed by atoms with Crippen LogP contribution >= 0.6 is 0 Å². The van der Waals surface area contributed by atoms with Crippen LogP contribution in [0.2, 0.25) is 0 Å². The third-order valence-electron chi connectivity index (χ3n) is 2.55. The van der Waals surface area contributed by atoms with Gasteiger partial charge in [0.05, 0.1) is 6.61 Å². The van der Waals surface area contributed by atoms with Gasteiger partial charge in [-0.05, 0) is 12.1 Å². The van der Waals surface area contributed by atoms with Crippen molar-refractivity contribution in [3.63, 3.8) is 0 Å². The Bertz CT molecular complexity index is 456.